The zero-order chi connectivity index (χ0) is 17.4. The van der Waals surface area contributed by atoms with Crippen molar-refractivity contribution >= 4 is 50.4 Å². The number of nitrogens with one attached hydrogen (secondary N) is 1. The van der Waals surface area contributed by atoms with Gasteiger partial charge in [0, 0.05) is 23.8 Å². The lowest BCUT2D eigenvalue weighted by atomic mass is 10.3. The summed E-state index contributed by atoms with van der Waals surface area (Å²) in [6.07, 6.45) is 1.79. The van der Waals surface area contributed by atoms with Crippen molar-refractivity contribution in [3.63, 3.8) is 0 Å². The van der Waals surface area contributed by atoms with Crippen molar-refractivity contribution in [2.75, 3.05) is 18.8 Å². The van der Waals surface area contributed by atoms with Crippen LogP contribution in [0.1, 0.15) is 21.7 Å². The van der Waals surface area contributed by atoms with Crippen LogP contribution in [0.5, 0.6) is 0 Å². The molecule has 9 heteroatoms. The maximum absolute atomic E-state index is 12.5. The molecule has 0 aromatic carbocycles. The van der Waals surface area contributed by atoms with Crippen LogP contribution in [-0.4, -0.2) is 50.2 Å². The molecule has 24 heavy (non-hydrogen) atoms. The number of imidazole rings is 1. The van der Waals surface area contributed by atoms with E-state index in [0.29, 0.717) is 11.4 Å². The fraction of sp³-hybridized carbons (Fsp3) is 0.333. The third-order valence-electron chi connectivity index (χ3n) is 3.72. The summed E-state index contributed by atoms with van der Waals surface area (Å²) in [7, 11) is 0. The predicted molar refractivity (Wildman–Crippen MR) is 94.3 cm³/mol. The summed E-state index contributed by atoms with van der Waals surface area (Å²) in [5.41, 5.74) is 2.75. The van der Waals surface area contributed by atoms with E-state index < -0.39 is 0 Å². The molecule has 0 aliphatic carbocycles. The molecule has 0 saturated carbocycles. The van der Waals surface area contributed by atoms with E-state index in [4.69, 9.17) is 0 Å². The monoisotopic (exact) mass is 410 g/mol. The Morgan fingerprint density at radius 2 is 2.17 bits per heavy atom. The molecular formula is C15H15BrN4O3S. The standard InChI is InChI=1S/C15H15BrN4O3S/c1-8-5-10(16)6-20-12(9(2)18-13(8)20)14(22)17-3-4-19-11(21)7-24-15(19)23/h5-6H,3-4,7H2,1-2H3,(H,17,22). The Kier molecular flexibility index (Phi) is 4.64. The molecule has 7 nitrogen and oxygen atoms in total. The highest BCUT2D eigenvalue weighted by molar-refractivity contribution is 9.10. The molecule has 1 saturated heterocycles. The molecule has 0 bridgehead atoms. The lowest BCUT2D eigenvalue weighted by Crippen LogP contribution is -2.37. The number of carbonyl (C=O) groups excluding carboxylic acids is 3. The highest BCUT2D eigenvalue weighted by Crippen LogP contribution is 2.21. The van der Waals surface area contributed by atoms with Crippen molar-refractivity contribution in [2.45, 2.75) is 13.8 Å². The van der Waals surface area contributed by atoms with Crippen LogP contribution in [0.25, 0.3) is 5.65 Å². The molecule has 1 aliphatic heterocycles. The first-order valence-corrected chi connectivity index (χ1v) is 9.06. The molecular weight excluding hydrogens is 396 g/mol. The molecule has 2 aromatic rings. The first kappa shape index (κ1) is 17.0. The predicted octanol–water partition coefficient (Wildman–Crippen LogP) is 2.14. The van der Waals surface area contributed by atoms with Gasteiger partial charge in [0.2, 0.25) is 5.91 Å². The van der Waals surface area contributed by atoms with Gasteiger partial charge in [-0.2, -0.15) is 0 Å². The zero-order valence-corrected chi connectivity index (χ0v) is 15.5. The molecule has 0 spiro atoms. The number of halogens is 1. The number of hydrogen-bond donors (Lipinski definition) is 1. The summed E-state index contributed by atoms with van der Waals surface area (Å²) in [6.45, 7) is 4.08. The van der Waals surface area contributed by atoms with Crippen LogP contribution in [0.3, 0.4) is 0 Å². The third kappa shape index (κ3) is 3.05. The second-order valence-corrected chi connectivity index (χ2v) is 7.28. The van der Waals surface area contributed by atoms with Crippen molar-refractivity contribution in [1.82, 2.24) is 19.6 Å². The van der Waals surface area contributed by atoms with Gasteiger partial charge in [0.05, 0.1) is 11.4 Å². The number of thioether (sulfide) groups is 1. The van der Waals surface area contributed by atoms with E-state index in [0.717, 1.165) is 32.3 Å². The molecule has 2 aromatic heterocycles. The number of amides is 3. The number of imide groups is 1. The minimum Gasteiger partial charge on any atom is -0.349 e. The van der Waals surface area contributed by atoms with Crippen molar-refractivity contribution in [1.29, 1.82) is 0 Å². The van der Waals surface area contributed by atoms with Crippen LogP contribution in [0, 0.1) is 13.8 Å². The van der Waals surface area contributed by atoms with Gasteiger partial charge in [0.15, 0.2) is 0 Å². The minimum atomic E-state index is -0.288. The Hall–Kier alpha value is -1.87. The van der Waals surface area contributed by atoms with Gasteiger partial charge >= 0.3 is 0 Å². The fourth-order valence-electron chi connectivity index (χ4n) is 2.62. The number of aryl methyl sites for hydroxylation is 2. The number of pyridine rings is 1. The van der Waals surface area contributed by atoms with Gasteiger partial charge < -0.3 is 5.32 Å². The van der Waals surface area contributed by atoms with Crippen LogP contribution >= 0.6 is 27.7 Å². The summed E-state index contributed by atoms with van der Waals surface area (Å²) in [5, 5.41) is 2.49. The Labute approximate surface area is 150 Å². The van der Waals surface area contributed by atoms with E-state index in [2.05, 4.69) is 26.2 Å². The lowest BCUT2D eigenvalue weighted by Gasteiger charge is -2.13. The number of aromatic nitrogens is 2. The Morgan fingerprint density at radius 1 is 1.42 bits per heavy atom. The number of nitrogens with zero attached hydrogens (tertiary/aromatic N) is 3. The van der Waals surface area contributed by atoms with Gasteiger partial charge in [-0.1, -0.05) is 11.8 Å². The molecule has 3 heterocycles. The van der Waals surface area contributed by atoms with Crippen LogP contribution in [0.2, 0.25) is 0 Å². The van der Waals surface area contributed by atoms with Crippen LogP contribution in [0.15, 0.2) is 16.7 Å². The van der Waals surface area contributed by atoms with Crippen molar-refractivity contribution in [3.05, 3.63) is 33.7 Å². The van der Waals surface area contributed by atoms with Crippen molar-refractivity contribution in [2.24, 2.45) is 0 Å². The number of hydrogen-bond acceptors (Lipinski definition) is 5. The molecule has 1 fully saturated rings. The molecule has 1 aliphatic rings. The van der Waals surface area contributed by atoms with E-state index in [1.807, 2.05) is 13.0 Å². The molecule has 126 valence electrons. The molecule has 0 atom stereocenters. The van der Waals surface area contributed by atoms with Gasteiger partial charge in [0.25, 0.3) is 11.1 Å². The van der Waals surface area contributed by atoms with Crippen LogP contribution in [-0.2, 0) is 4.79 Å². The van der Waals surface area contributed by atoms with E-state index in [-0.39, 0.29) is 35.9 Å². The maximum atomic E-state index is 12.5. The summed E-state index contributed by atoms with van der Waals surface area (Å²) in [5.74, 6) is -0.332. The van der Waals surface area contributed by atoms with E-state index in [1.54, 1.807) is 17.5 Å². The summed E-state index contributed by atoms with van der Waals surface area (Å²) < 4.78 is 2.59. The highest BCUT2D eigenvalue weighted by Gasteiger charge is 2.29. The SMILES string of the molecule is Cc1nc2c(C)cc(Br)cn2c1C(=O)NCCN1C(=O)CSC1=O. The molecule has 0 radical (unpaired) electrons. The third-order valence-corrected chi connectivity index (χ3v) is 5.01. The first-order chi connectivity index (χ1) is 11.4. The van der Waals surface area contributed by atoms with Crippen LogP contribution in [0.4, 0.5) is 4.79 Å². The van der Waals surface area contributed by atoms with Gasteiger partial charge in [-0.3, -0.25) is 23.7 Å². The largest absolute Gasteiger partial charge is 0.349 e. The average Bonchev–Trinajstić information content (AvgIpc) is 3.00. The van der Waals surface area contributed by atoms with Gasteiger partial charge in [-0.25, -0.2) is 4.98 Å². The summed E-state index contributed by atoms with van der Waals surface area (Å²) in [4.78, 5) is 41.2. The molecule has 0 unspecified atom stereocenters. The molecule has 3 rings (SSSR count). The second kappa shape index (κ2) is 6.56. The summed E-state index contributed by atoms with van der Waals surface area (Å²) in [6, 6.07) is 1.94. The van der Waals surface area contributed by atoms with E-state index >= 15 is 0 Å². The van der Waals surface area contributed by atoms with Crippen molar-refractivity contribution in [3.8, 4) is 0 Å². The quantitative estimate of drug-likeness (QED) is 0.834. The van der Waals surface area contributed by atoms with Gasteiger partial charge in [0.1, 0.15) is 11.3 Å². The minimum absolute atomic E-state index is 0.173. The van der Waals surface area contributed by atoms with Crippen molar-refractivity contribution < 1.29 is 14.4 Å². The smallest absolute Gasteiger partial charge is 0.288 e. The highest BCUT2D eigenvalue weighted by atomic mass is 79.9. The molecule has 1 N–H and O–H groups in total. The normalized spacial score (nSPS) is 14.7. The number of rotatable bonds is 4. The first-order valence-electron chi connectivity index (χ1n) is 7.28. The van der Waals surface area contributed by atoms with Gasteiger partial charge in [-0.05, 0) is 41.4 Å². The van der Waals surface area contributed by atoms with Gasteiger partial charge in [-0.15, -0.1) is 0 Å². The zero-order valence-electron chi connectivity index (χ0n) is 13.1. The average molecular weight is 411 g/mol. The number of fused-ring (bicyclic) bond motifs is 1. The Balaban J connectivity index is 1.76. The Bertz CT molecular complexity index is 848. The fourth-order valence-corrected chi connectivity index (χ4v) is 3.92. The van der Waals surface area contributed by atoms with E-state index in [1.165, 1.54) is 0 Å². The second-order valence-electron chi connectivity index (χ2n) is 5.44. The Morgan fingerprint density at radius 3 is 2.83 bits per heavy atom. The molecule has 3 amide bonds. The maximum Gasteiger partial charge on any atom is 0.288 e. The topological polar surface area (TPSA) is 83.8 Å². The summed E-state index contributed by atoms with van der Waals surface area (Å²) >= 11 is 4.41. The number of carbonyl (C=O) groups is 3. The van der Waals surface area contributed by atoms with E-state index in [9.17, 15) is 14.4 Å². The lowest BCUT2D eigenvalue weighted by molar-refractivity contribution is -0.124. The van der Waals surface area contributed by atoms with Crippen LogP contribution < -0.4 is 5.32 Å².